The summed E-state index contributed by atoms with van der Waals surface area (Å²) < 4.78 is 5.16. The second-order valence-electron chi connectivity index (χ2n) is 4.16. The van der Waals surface area contributed by atoms with Gasteiger partial charge in [0.05, 0.1) is 23.9 Å². The van der Waals surface area contributed by atoms with Crippen LogP contribution in [0.1, 0.15) is 20.7 Å². The van der Waals surface area contributed by atoms with E-state index in [0.717, 1.165) is 0 Å². The zero-order chi connectivity index (χ0) is 13.4. The number of hydrogen-bond donors (Lipinski definition) is 0. The molecule has 0 aromatic heterocycles. The lowest BCUT2D eigenvalue weighted by molar-refractivity contribution is 0.0925. The van der Waals surface area contributed by atoms with Crippen LogP contribution < -0.4 is 9.64 Å². The van der Waals surface area contributed by atoms with Crippen molar-refractivity contribution >= 4 is 17.5 Å². The van der Waals surface area contributed by atoms with Crippen LogP contribution in [-0.2, 0) is 0 Å². The van der Waals surface area contributed by atoms with Crippen molar-refractivity contribution in [2.45, 2.75) is 0 Å². The predicted molar refractivity (Wildman–Crippen MR) is 70.6 cm³/mol. The summed E-state index contributed by atoms with van der Waals surface area (Å²) >= 11 is 0. The van der Waals surface area contributed by atoms with Crippen LogP contribution in [0, 0.1) is 0 Å². The maximum Gasteiger partial charge on any atom is 0.269 e. The Hall–Kier alpha value is -2.62. The van der Waals surface area contributed by atoms with Gasteiger partial charge in [-0.15, -0.1) is 0 Å². The van der Waals surface area contributed by atoms with Crippen molar-refractivity contribution in [1.29, 1.82) is 0 Å². The Kier molecular flexibility index (Phi) is 2.56. The Morgan fingerprint density at radius 2 is 1.63 bits per heavy atom. The molecular formula is C15H11NO3. The molecule has 94 valence electrons. The second kappa shape index (κ2) is 4.24. The molecule has 0 spiro atoms. The minimum absolute atomic E-state index is 0.315. The SMILES string of the molecule is COc1cccc2c1C(=O)N(c1ccccc1)C2=O. The van der Waals surface area contributed by atoms with Crippen molar-refractivity contribution < 1.29 is 14.3 Å². The molecule has 2 aromatic carbocycles. The topological polar surface area (TPSA) is 46.6 Å². The fraction of sp³-hybridized carbons (Fsp3) is 0.0667. The van der Waals surface area contributed by atoms with Gasteiger partial charge in [-0.3, -0.25) is 9.59 Å². The van der Waals surface area contributed by atoms with E-state index in [9.17, 15) is 9.59 Å². The Labute approximate surface area is 110 Å². The summed E-state index contributed by atoms with van der Waals surface area (Å²) in [5.74, 6) is -0.233. The monoisotopic (exact) mass is 253 g/mol. The average Bonchev–Trinajstić information content (AvgIpc) is 2.72. The molecule has 0 atom stereocenters. The van der Waals surface area contributed by atoms with Crippen LogP contribution in [0.3, 0.4) is 0 Å². The van der Waals surface area contributed by atoms with Gasteiger partial charge in [0.15, 0.2) is 0 Å². The molecule has 0 N–H and O–H groups in total. The lowest BCUT2D eigenvalue weighted by Gasteiger charge is -2.13. The fourth-order valence-corrected chi connectivity index (χ4v) is 2.24. The molecule has 2 aromatic rings. The molecule has 1 heterocycles. The number of rotatable bonds is 2. The number of para-hydroxylation sites is 1. The van der Waals surface area contributed by atoms with Crippen LogP contribution in [0.2, 0.25) is 0 Å². The van der Waals surface area contributed by atoms with Crippen LogP contribution in [-0.4, -0.2) is 18.9 Å². The molecule has 4 heteroatoms. The number of anilines is 1. The van der Waals surface area contributed by atoms with E-state index in [1.54, 1.807) is 42.5 Å². The summed E-state index contributed by atoms with van der Waals surface area (Å²) in [6, 6.07) is 13.9. The standard InChI is InChI=1S/C15H11NO3/c1-19-12-9-5-8-11-13(12)15(18)16(14(11)17)10-6-3-2-4-7-10/h2-9H,1H3. The Balaban J connectivity index is 2.15. The van der Waals surface area contributed by atoms with Crippen molar-refractivity contribution in [3.8, 4) is 5.75 Å². The largest absolute Gasteiger partial charge is 0.496 e. The number of imide groups is 1. The maximum atomic E-state index is 12.4. The van der Waals surface area contributed by atoms with Gasteiger partial charge >= 0.3 is 0 Å². The van der Waals surface area contributed by atoms with Crippen molar-refractivity contribution in [3.63, 3.8) is 0 Å². The van der Waals surface area contributed by atoms with Crippen LogP contribution in [0.4, 0.5) is 5.69 Å². The molecule has 1 aliphatic rings. The van der Waals surface area contributed by atoms with Gasteiger partial charge in [0, 0.05) is 0 Å². The number of carbonyl (C=O) groups excluding carboxylic acids is 2. The van der Waals surface area contributed by atoms with Crippen LogP contribution in [0.25, 0.3) is 0 Å². The number of benzene rings is 2. The summed E-state index contributed by atoms with van der Waals surface area (Å²) in [6.45, 7) is 0. The van der Waals surface area contributed by atoms with E-state index in [2.05, 4.69) is 0 Å². The zero-order valence-electron chi connectivity index (χ0n) is 10.3. The maximum absolute atomic E-state index is 12.4. The van der Waals surface area contributed by atoms with Gasteiger partial charge in [0.25, 0.3) is 11.8 Å². The summed E-state index contributed by atoms with van der Waals surface area (Å²) in [4.78, 5) is 25.9. The van der Waals surface area contributed by atoms with Gasteiger partial charge in [-0.25, -0.2) is 4.90 Å². The van der Waals surface area contributed by atoms with Crippen LogP contribution >= 0.6 is 0 Å². The third-order valence-corrected chi connectivity index (χ3v) is 3.11. The number of carbonyl (C=O) groups is 2. The number of fused-ring (bicyclic) bond motifs is 1. The third-order valence-electron chi connectivity index (χ3n) is 3.11. The van der Waals surface area contributed by atoms with E-state index in [4.69, 9.17) is 4.74 Å². The first-order valence-electron chi connectivity index (χ1n) is 5.85. The molecule has 19 heavy (non-hydrogen) atoms. The van der Waals surface area contributed by atoms with E-state index in [-0.39, 0.29) is 11.8 Å². The smallest absolute Gasteiger partial charge is 0.269 e. The van der Waals surface area contributed by atoms with E-state index in [1.807, 2.05) is 6.07 Å². The van der Waals surface area contributed by atoms with Gasteiger partial charge in [-0.2, -0.15) is 0 Å². The highest BCUT2D eigenvalue weighted by Crippen LogP contribution is 2.33. The van der Waals surface area contributed by atoms with E-state index in [1.165, 1.54) is 12.0 Å². The highest BCUT2D eigenvalue weighted by Gasteiger charge is 2.38. The average molecular weight is 253 g/mol. The predicted octanol–water partition coefficient (Wildman–Crippen LogP) is 2.50. The minimum atomic E-state index is -0.344. The van der Waals surface area contributed by atoms with E-state index < -0.39 is 0 Å². The molecule has 0 unspecified atom stereocenters. The fourth-order valence-electron chi connectivity index (χ4n) is 2.24. The van der Waals surface area contributed by atoms with E-state index >= 15 is 0 Å². The quantitative estimate of drug-likeness (QED) is 0.772. The van der Waals surface area contributed by atoms with Gasteiger partial charge in [-0.05, 0) is 24.3 Å². The van der Waals surface area contributed by atoms with Crippen molar-refractivity contribution in [2.24, 2.45) is 0 Å². The summed E-state index contributed by atoms with van der Waals surface area (Å²) in [7, 11) is 1.48. The molecule has 3 rings (SSSR count). The first kappa shape index (κ1) is 11.5. The normalized spacial score (nSPS) is 13.6. The number of methoxy groups -OCH3 is 1. The highest BCUT2D eigenvalue weighted by molar-refractivity contribution is 6.35. The molecule has 2 amide bonds. The molecular weight excluding hydrogens is 242 g/mol. The molecule has 4 nitrogen and oxygen atoms in total. The molecule has 0 fully saturated rings. The third kappa shape index (κ3) is 1.61. The summed E-state index contributed by atoms with van der Waals surface area (Å²) in [5, 5.41) is 0. The zero-order valence-corrected chi connectivity index (χ0v) is 10.3. The Morgan fingerprint density at radius 3 is 2.32 bits per heavy atom. The first-order valence-corrected chi connectivity index (χ1v) is 5.85. The number of ether oxygens (including phenoxy) is 1. The van der Waals surface area contributed by atoms with Crippen molar-refractivity contribution in [2.75, 3.05) is 12.0 Å². The molecule has 1 aliphatic heterocycles. The Morgan fingerprint density at radius 1 is 0.895 bits per heavy atom. The molecule has 0 radical (unpaired) electrons. The summed E-state index contributed by atoms with van der Waals surface area (Å²) in [6.07, 6.45) is 0. The first-order chi connectivity index (χ1) is 9.24. The Bertz CT molecular complexity index is 664. The van der Waals surface area contributed by atoms with Crippen molar-refractivity contribution in [1.82, 2.24) is 0 Å². The molecule has 0 saturated heterocycles. The van der Waals surface area contributed by atoms with Crippen LogP contribution in [0.15, 0.2) is 48.5 Å². The van der Waals surface area contributed by atoms with Gasteiger partial charge in [0.1, 0.15) is 5.75 Å². The molecule has 0 bridgehead atoms. The molecule has 0 aliphatic carbocycles. The van der Waals surface area contributed by atoms with Gasteiger partial charge < -0.3 is 4.74 Å². The minimum Gasteiger partial charge on any atom is -0.496 e. The van der Waals surface area contributed by atoms with Gasteiger partial charge in [0.2, 0.25) is 0 Å². The summed E-state index contributed by atoms with van der Waals surface area (Å²) in [5.41, 5.74) is 1.28. The number of hydrogen-bond acceptors (Lipinski definition) is 3. The van der Waals surface area contributed by atoms with Gasteiger partial charge in [-0.1, -0.05) is 24.3 Å². The van der Waals surface area contributed by atoms with Crippen molar-refractivity contribution in [3.05, 3.63) is 59.7 Å². The lowest BCUT2D eigenvalue weighted by atomic mass is 10.1. The highest BCUT2D eigenvalue weighted by atomic mass is 16.5. The second-order valence-corrected chi connectivity index (χ2v) is 4.16. The number of nitrogens with zero attached hydrogens (tertiary/aromatic N) is 1. The molecule has 0 saturated carbocycles. The van der Waals surface area contributed by atoms with E-state index in [0.29, 0.717) is 22.6 Å². The number of amides is 2. The lowest BCUT2D eigenvalue weighted by Crippen LogP contribution is -2.29. The van der Waals surface area contributed by atoms with Crippen LogP contribution in [0.5, 0.6) is 5.75 Å².